The molecule has 0 saturated carbocycles. The first-order chi connectivity index (χ1) is 19.6. The molecule has 212 valence electrons. The lowest BCUT2D eigenvalue weighted by molar-refractivity contribution is -0.122. The van der Waals surface area contributed by atoms with Crippen LogP contribution in [0.15, 0.2) is 84.9 Å². The molecule has 4 aromatic carbocycles. The van der Waals surface area contributed by atoms with Crippen molar-refractivity contribution in [3.05, 3.63) is 116 Å². The molecule has 0 fully saturated rings. The molecule has 0 aliphatic carbocycles. The van der Waals surface area contributed by atoms with E-state index in [0.29, 0.717) is 49.4 Å². The van der Waals surface area contributed by atoms with E-state index in [1.54, 1.807) is 50.2 Å². The number of carbonyl (C=O) groups excluding carboxylic acids is 2. The Bertz CT molecular complexity index is 1410. The molecule has 4 rings (SSSR count). The molecule has 0 radical (unpaired) electrons. The first-order valence-corrected chi connectivity index (χ1v) is 14.1. The molecule has 0 aliphatic heterocycles. The smallest absolute Gasteiger partial charge is 0.265 e. The highest BCUT2D eigenvalue weighted by molar-refractivity contribution is 6.36. The Hall–Kier alpha value is -3.42. The second kappa shape index (κ2) is 14.0. The van der Waals surface area contributed by atoms with Crippen LogP contribution in [0, 0.1) is 0 Å². The van der Waals surface area contributed by atoms with E-state index in [1.807, 2.05) is 48.5 Å². The van der Waals surface area contributed by atoms with Crippen molar-refractivity contribution < 1.29 is 19.1 Å². The number of anilines is 2. The average Bonchev–Trinajstić information content (AvgIpc) is 2.93. The maximum atomic E-state index is 12.6. The van der Waals surface area contributed by atoms with Gasteiger partial charge in [-0.05, 0) is 92.1 Å². The van der Waals surface area contributed by atoms with Crippen LogP contribution in [0.25, 0.3) is 0 Å². The summed E-state index contributed by atoms with van der Waals surface area (Å²) in [5.41, 5.74) is 3.40. The van der Waals surface area contributed by atoms with Crippen LogP contribution in [0.2, 0.25) is 20.1 Å². The normalized spacial score (nSPS) is 12.2. The Morgan fingerprint density at radius 3 is 1.32 bits per heavy atom. The monoisotopic (exact) mass is 630 g/mol. The van der Waals surface area contributed by atoms with Crippen molar-refractivity contribution in [2.24, 2.45) is 0 Å². The van der Waals surface area contributed by atoms with E-state index < -0.39 is 12.2 Å². The highest BCUT2D eigenvalue weighted by Gasteiger charge is 2.18. The van der Waals surface area contributed by atoms with Gasteiger partial charge in [0.25, 0.3) is 11.8 Å². The lowest BCUT2D eigenvalue weighted by Crippen LogP contribution is -2.30. The predicted molar refractivity (Wildman–Crippen MR) is 166 cm³/mol. The number of benzene rings is 4. The number of amides is 2. The van der Waals surface area contributed by atoms with Crippen LogP contribution in [0.1, 0.15) is 25.0 Å². The first-order valence-electron chi connectivity index (χ1n) is 12.6. The number of hydrogen-bond donors (Lipinski definition) is 2. The third-order valence-corrected chi connectivity index (χ3v) is 7.05. The van der Waals surface area contributed by atoms with Crippen molar-refractivity contribution in [2.45, 2.75) is 32.5 Å². The molecule has 2 atom stereocenters. The minimum Gasteiger partial charge on any atom is -0.479 e. The zero-order chi connectivity index (χ0) is 29.5. The lowest BCUT2D eigenvalue weighted by Gasteiger charge is -2.16. The lowest BCUT2D eigenvalue weighted by atomic mass is 10.0. The van der Waals surface area contributed by atoms with Gasteiger partial charge in [-0.1, -0.05) is 70.7 Å². The maximum Gasteiger partial charge on any atom is 0.265 e. The summed E-state index contributed by atoms with van der Waals surface area (Å²) < 4.78 is 11.3. The fraction of sp³-hybridized carbons (Fsp3) is 0.161. The zero-order valence-electron chi connectivity index (χ0n) is 22.1. The molecule has 10 heteroatoms. The second-order valence-corrected chi connectivity index (χ2v) is 10.9. The van der Waals surface area contributed by atoms with E-state index in [9.17, 15) is 9.59 Å². The third kappa shape index (κ3) is 8.78. The van der Waals surface area contributed by atoms with Crippen LogP contribution in [0.4, 0.5) is 11.4 Å². The van der Waals surface area contributed by atoms with E-state index in [0.717, 1.165) is 11.1 Å². The number of halogens is 4. The van der Waals surface area contributed by atoms with Crippen LogP contribution in [-0.2, 0) is 16.0 Å². The van der Waals surface area contributed by atoms with Gasteiger partial charge in [0.15, 0.2) is 12.2 Å². The number of nitrogens with one attached hydrogen (secondary N) is 2. The van der Waals surface area contributed by atoms with E-state index in [2.05, 4.69) is 10.6 Å². The Morgan fingerprint density at radius 2 is 0.976 bits per heavy atom. The highest BCUT2D eigenvalue weighted by Crippen LogP contribution is 2.29. The SMILES string of the molecule is CC(Oc1ccc(Cl)cc1Cl)C(=O)Nc1ccc(Cc2ccc(NC(=O)C(C)Oc3ccc(Cl)cc3Cl)cc2)cc1. The molecule has 41 heavy (non-hydrogen) atoms. The molecule has 0 aromatic heterocycles. The van der Waals surface area contributed by atoms with Crippen LogP contribution in [-0.4, -0.2) is 24.0 Å². The number of hydrogen-bond acceptors (Lipinski definition) is 4. The van der Waals surface area contributed by atoms with Gasteiger partial charge in [0.05, 0.1) is 10.0 Å². The number of rotatable bonds is 10. The molecule has 2 unspecified atom stereocenters. The van der Waals surface area contributed by atoms with Gasteiger partial charge in [-0.25, -0.2) is 0 Å². The van der Waals surface area contributed by atoms with Gasteiger partial charge in [-0.3, -0.25) is 9.59 Å². The van der Waals surface area contributed by atoms with Crippen molar-refractivity contribution in [3.8, 4) is 11.5 Å². The minimum absolute atomic E-state index is 0.308. The van der Waals surface area contributed by atoms with E-state index >= 15 is 0 Å². The van der Waals surface area contributed by atoms with Crippen molar-refractivity contribution in [3.63, 3.8) is 0 Å². The topological polar surface area (TPSA) is 76.7 Å². The summed E-state index contributed by atoms with van der Waals surface area (Å²) in [4.78, 5) is 25.2. The fourth-order valence-corrected chi connectivity index (χ4v) is 4.67. The van der Waals surface area contributed by atoms with Crippen molar-refractivity contribution in [1.29, 1.82) is 0 Å². The summed E-state index contributed by atoms with van der Waals surface area (Å²) in [6, 6.07) is 24.7. The highest BCUT2D eigenvalue weighted by atomic mass is 35.5. The maximum absolute atomic E-state index is 12.6. The molecule has 0 saturated heterocycles. The predicted octanol–water partition coefficient (Wildman–Crippen LogP) is 8.70. The van der Waals surface area contributed by atoms with Gasteiger partial charge < -0.3 is 20.1 Å². The number of ether oxygens (including phenoxy) is 2. The molecule has 2 N–H and O–H groups in total. The Labute approximate surface area is 258 Å². The molecule has 0 heterocycles. The summed E-state index contributed by atoms with van der Waals surface area (Å²) >= 11 is 24.1. The van der Waals surface area contributed by atoms with Gasteiger partial charge in [0.2, 0.25) is 0 Å². The molecular weight excluding hydrogens is 606 g/mol. The van der Waals surface area contributed by atoms with Gasteiger partial charge in [-0.15, -0.1) is 0 Å². The summed E-state index contributed by atoms with van der Waals surface area (Å²) in [5, 5.41) is 7.32. The van der Waals surface area contributed by atoms with Crippen molar-refractivity contribution in [2.75, 3.05) is 10.6 Å². The van der Waals surface area contributed by atoms with Crippen LogP contribution < -0.4 is 20.1 Å². The van der Waals surface area contributed by atoms with Crippen LogP contribution in [0.5, 0.6) is 11.5 Å². The van der Waals surface area contributed by atoms with Gasteiger partial charge in [0.1, 0.15) is 11.5 Å². The zero-order valence-corrected chi connectivity index (χ0v) is 25.1. The van der Waals surface area contributed by atoms with E-state index in [4.69, 9.17) is 55.9 Å². The fourth-order valence-electron chi connectivity index (χ4n) is 3.76. The molecule has 6 nitrogen and oxygen atoms in total. The molecule has 2 amide bonds. The molecule has 0 spiro atoms. The quantitative estimate of drug-likeness (QED) is 0.184. The van der Waals surface area contributed by atoms with Gasteiger partial charge >= 0.3 is 0 Å². The van der Waals surface area contributed by atoms with Crippen molar-refractivity contribution in [1.82, 2.24) is 0 Å². The van der Waals surface area contributed by atoms with E-state index in [-0.39, 0.29) is 11.8 Å². The Kier molecular flexibility index (Phi) is 10.4. The summed E-state index contributed by atoms with van der Waals surface area (Å²) in [6.45, 7) is 3.29. The Balaban J connectivity index is 1.27. The molecule has 0 bridgehead atoms. The first kappa shape index (κ1) is 30.5. The van der Waals surface area contributed by atoms with Crippen LogP contribution in [0.3, 0.4) is 0 Å². The Morgan fingerprint density at radius 1 is 0.610 bits per heavy atom. The average molecular weight is 632 g/mol. The van der Waals surface area contributed by atoms with Gasteiger partial charge in [-0.2, -0.15) is 0 Å². The van der Waals surface area contributed by atoms with Gasteiger partial charge in [0, 0.05) is 21.4 Å². The minimum atomic E-state index is -0.767. The molecule has 0 aliphatic rings. The largest absolute Gasteiger partial charge is 0.479 e. The molecular formula is C31H26Cl4N2O4. The summed E-state index contributed by atoms with van der Waals surface area (Å²) in [6.07, 6.45) is -0.861. The van der Waals surface area contributed by atoms with E-state index in [1.165, 1.54) is 0 Å². The summed E-state index contributed by atoms with van der Waals surface area (Å²) in [5.74, 6) is 0.144. The summed E-state index contributed by atoms with van der Waals surface area (Å²) in [7, 11) is 0. The van der Waals surface area contributed by atoms with Crippen molar-refractivity contribution >= 4 is 69.6 Å². The third-order valence-electron chi connectivity index (χ3n) is 5.98. The standard InChI is InChI=1S/C31H26Cl4N2O4/c1-18(40-28-13-7-22(32)16-26(28)34)30(38)36-24-9-3-20(4-10-24)15-21-5-11-25(12-6-21)37-31(39)19(2)41-29-14-8-23(33)17-27(29)35/h3-14,16-19H,15H2,1-2H3,(H,36,38)(H,37,39). The number of carbonyl (C=O) groups is 2. The van der Waals surface area contributed by atoms with Crippen LogP contribution >= 0.6 is 46.4 Å². The second-order valence-electron chi connectivity index (χ2n) is 9.22. The molecule has 4 aromatic rings.